The van der Waals surface area contributed by atoms with Crippen molar-refractivity contribution in [2.24, 2.45) is 0 Å². The monoisotopic (exact) mass is 274 g/mol. The molecule has 2 aromatic heterocycles. The lowest BCUT2D eigenvalue weighted by molar-refractivity contribution is 0.712. The first kappa shape index (κ1) is 11.9. The highest BCUT2D eigenvalue weighted by Gasteiger charge is 2.09. The lowest BCUT2D eigenvalue weighted by atomic mass is 10.2. The Morgan fingerprint density at radius 3 is 2.52 bits per heavy atom. The lowest BCUT2D eigenvalue weighted by Gasteiger charge is -2.09. The van der Waals surface area contributed by atoms with Crippen LogP contribution in [0.4, 0.5) is 0 Å². The van der Waals surface area contributed by atoms with Gasteiger partial charge in [0.2, 0.25) is 0 Å². The normalized spacial score (nSPS) is 11.0. The molecule has 0 bridgehead atoms. The fourth-order valence-corrected chi connectivity index (χ4v) is 2.55. The topological polar surface area (TPSA) is 35.6 Å². The second kappa shape index (κ2) is 4.90. The summed E-state index contributed by atoms with van der Waals surface area (Å²) in [6.07, 6.45) is 2.07. The van der Waals surface area contributed by atoms with Crippen LogP contribution in [-0.2, 0) is 6.54 Å². The van der Waals surface area contributed by atoms with Crippen molar-refractivity contribution >= 4 is 11.0 Å². The van der Waals surface area contributed by atoms with Crippen LogP contribution < -0.4 is 0 Å². The van der Waals surface area contributed by atoms with E-state index in [1.807, 2.05) is 41.1 Å². The number of aromatic nitrogens is 4. The molecule has 4 heteroatoms. The third-order valence-electron chi connectivity index (χ3n) is 3.57. The second-order valence-corrected chi connectivity index (χ2v) is 4.97. The molecule has 4 aromatic rings. The summed E-state index contributed by atoms with van der Waals surface area (Å²) in [6, 6.07) is 22.5. The van der Waals surface area contributed by atoms with Gasteiger partial charge in [0.1, 0.15) is 11.3 Å². The van der Waals surface area contributed by atoms with Gasteiger partial charge in [-0.1, -0.05) is 47.7 Å². The Balaban J connectivity index is 1.78. The molecule has 0 fully saturated rings. The molecule has 0 aliphatic heterocycles. The maximum atomic E-state index is 4.29. The van der Waals surface area contributed by atoms with E-state index < -0.39 is 0 Å². The van der Waals surface area contributed by atoms with Gasteiger partial charge in [-0.2, -0.15) is 4.68 Å². The van der Waals surface area contributed by atoms with E-state index in [2.05, 4.69) is 51.4 Å². The summed E-state index contributed by atoms with van der Waals surface area (Å²) in [4.78, 5) is 0. The molecular weight excluding hydrogens is 260 g/mol. The van der Waals surface area contributed by atoms with E-state index in [1.165, 1.54) is 5.56 Å². The van der Waals surface area contributed by atoms with E-state index in [-0.39, 0.29) is 0 Å². The molecule has 0 saturated heterocycles. The van der Waals surface area contributed by atoms with Crippen LogP contribution in [0.3, 0.4) is 0 Å². The largest absolute Gasteiger partial charge is 0.328 e. The standard InChI is InChI=1S/C17H14N4/c1-2-7-14(8-3-1)13-20-12-6-11-17(20)21-16-10-5-4-9-15(16)18-19-21/h1-12H,13H2. The highest BCUT2D eigenvalue weighted by atomic mass is 15.5. The summed E-state index contributed by atoms with van der Waals surface area (Å²) in [5.74, 6) is 1.02. The van der Waals surface area contributed by atoms with Gasteiger partial charge in [0.25, 0.3) is 0 Å². The van der Waals surface area contributed by atoms with Gasteiger partial charge in [-0.25, -0.2) is 0 Å². The van der Waals surface area contributed by atoms with Gasteiger partial charge in [0, 0.05) is 12.7 Å². The number of para-hydroxylation sites is 1. The Hall–Kier alpha value is -2.88. The van der Waals surface area contributed by atoms with Gasteiger partial charge < -0.3 is 4.57 Å². The van der Waals surface area contributed by atoms with Crippen molar-refractivity contribution in [1.29, 1.82) is 0 Å². The second-order valence-electron chi connectivity index (χ2n) is 4.97. The Kier molecular flexibility index (Phi) is 2.78. The quantitative estimate of drug-likeness (QED) is 0.575. The highest BCUT2D eigenvalue weighted by molar-refractivity contribution is 5.75. The molecule has 0 unspecified atom stereocenters. The van der Waals surface area contributed by atoms with E-state index in [1.54, 1.807) is 0 Å². The third kappa shape index (κ3) is 2.10. The first-order valence-electron chi connectivity index (χ1n) is 6.92. The molecule has 0 aliphatic carbocycles. The Bertz CT molecular complexity index is 874. The minimum atomic E-state index is 0.817. The zero-order valence-electron chi connectivity index (χ0n) is 11.4. The Morgan fingerprint density at radius 2 is 1.62 bits per heavy atom. The molecule has 21 heavy (non-hydrogen) atoms. The van der Waals surface area contributed by atoms with Crippen LogP contribution in [0.2, 0.25) is 0 Å². The number of benzene rings is 2. The zero-order valence-corrected chi connectivity index (χ0v) is 11.4. The Labute approximate surface area is 122 Å². The van der Waals surface area contributed by atoms with Crippen molar-refractivity contribution in [2.45, 2.75) is 6.54 Å². The summed E-state index contributed by atoms with van der Waals surface area (Å²) in [6.45, 7) is 0.817. The molecule has 4 rings (SSSR count). The van der Waals surface area contributed by atoms with Gasteiger partial charge >= 0.3 is 0 Å². The fourth-order valence-electron chi connectivity index (χ4n) is 2.55. The molecule has 2 aromatic carbocycles. The van der Waals surface area contributed by atoms with Gasteiger partial charge in [-0.15, -0.1) is 5.10 Å². The molecule has 0 radical (unpaired) electrons. The molecule has 2 heterocycles. The van der Waals surface area contributed by atoms with Crippen molar-refractivity contribution in [3.63, 3.8) is 0 Å². The van der Waals surface area contributed by atoms with Crippen molar-refractivity contribution < 1.29 is 0 Å². The van der Waals surface area contributed by atoms with Gasteiger partial charge in [0.05, 0.1) is 5.52 Å². The van der Waals surface area contributed by atoms with Crippen molar-refractivity contribution in [3.05, 3.63) is 78.5 Å². The van der Waals surface area contributed by atoms with Crippen molar-refractivity contribution in [1.82, 2.24) is 19.6 Å². The maximum Gasteiger partial charge on any atom is 0.136 e. The van der Waals surface area contributed by atoms with E-state index in [4.69, 9.17) is 0 Å². The zero-order chi connectivity index (χ0) is 14.1. The smallest absolute Gasteiger partial charge is 0.136 e. The summed E-state index contributed by atoms with van der Waals surface area (Å²) < 4.78 is 4.06. The summed E-state index contributed by atoms with van der Waals surface area (Å²) in [5, 5.41) is 8.51. The number of fused-ring (bicyclic) bond motifs is 1. The molecule has 0 aliphatic rings. The minimum Gasteiger partial charge on any atom is -0.328 e. The average Bonchev–Trinajstić information content (AvgIpc) is 3.14. The van der Waals surface area contributed by atoms with Crippen molar-refractivity contribution in [3.8, 4) is 5.82 Å². The van der Waals surface area contributed by atoms with Gasteiger partial charge in [-0.05, 0) is 29.8 Å². The van der Waals surface area contributed by atoms with E-state index >= 15 is 0 Å². The number of rotatable bonds is 3. The maximum absolute atomic E-state index is 4.29. The predicted molar refractivity (Wildman–Crippen MR) is 82.4 cm³/mol. The third-order valence-corrected chi connectivity index (χ3v) is 3.57. The summed E-state index contributed by atoms with van der Waals surface area (Å²) in [5.41, 5.74) is 3.19. The van der Waals surface area contributed by atoms with Crippen LogP contribution in [0.5, 0.6) is 0 Å². The lowest BCUT2D eigenvalue weighted by Crippen LogP contribution is -2.07. The van der Waals surface area contributed by atoms with Crippen LogP contribution in [0.1, 0.15) is 5.56 Å². The highest BCUT2D eigenvalue weighted by Crippen LogP contribution is 2.17. The molecule has 0 spiro atoms. The molecule has 102 valence electrons. The fraction of sp³-hybridized carbons (Fsp3) is 0.0588. The molecular formula is C17H14N4. The van der Waals surface area contributed by atoms with Gasteiger partial charge in [-0.3, -0.25) is 0 Å². The summed E-state index contributed by atoms with van der Waals surface area (Å²) >= 11 is 0. The van der Waals surface area contributed by atoms with Crippen LogP contribution >= 0.6 is 0 Å². The number of nitrogens with zero attached hydrogens (tertiary/aromatic N) is 4. The first-order valence-corrected chi connectivity index (χ1v) is 6.92. The van der Waals surface area contributed by atoms with Crippen molar-refractivity contribution in [2.75, 3.05) is 0 Å². The van der Waals surface area contributed by atoms with Crippen LogP contribution in [0.15, 0.2) is 72.9 Å². The Morgan fingerprint density at radius 1 is 0.810 bits per heavy atom. The molecule has 0 amide bonds. The first-order chi connectivity index (χ1) is 10.4. The SMILES string of the molecule is c1ccc(Cn2cccc2-n2nnc3ccccc32)cc1. The summed E-state index contributed by atoms with van der Waals surface area (Å²) in [7, 11) is 0. The van der Waals surface area contributed by atoms with E-state index in [9.17, 15) is 0 Å². The average molecular weight is 274 g/mol. The molecule has 0 atom stereocenters. The van der Waals surface area contributed by atoms with E-state index in [0.717, 1.165) is 23.4 Å². The molecule has 0 N–H and O–H groups in total. The van der Waals surface area contributed by atoms with Crippen LogP contribution in [-0.4, -0.2) is 19.6 Å². The van der Waals surface area contributed by atoms with Crippen LogP contribution in [0.25, 0.3) is 16.9 Å². The number of hydrogen-bond donors (Lipinski definition) is 0. The van der Waals surface area contributed by atoms with Crippen LogP contribution in [0, 0.1) is 0 Å². The number of hydrogen-bond acceptors (Lipinski definition) is 2. The molecule has 4 nitrogen and oxygen atoms in total. The molecule has 0 saturated carbocycles. The minimum absolute atomic E-state index is 0.817. The van der Waals surface area contributed by atoms with Gasteiger partial charge in [0.15, 0.2) is 0 Å². The predicted octanol–water partition coefficient (Wildman–Crippen LogP) is 3.27. The van der Waals surface area contributed by atoms with E-state index in [0.29, 0.717) is 0 Å².